The smallest absolute Gasteiger partial charge is 0.309 e. The standard InChI is InChI=1S/C16H24O7/c1-10(17)20-9-14-13(21-11(2)18)7-6-12(22-14)8-15(19)23-16(3,4)5/h6-7,12-14H,8-9H2,1-5H3/t12-,13+,14-/m1/s1. The first-order valence-corrected chi connectivity index (χ1v) is 7.43. The van der Waals surface area contributed by atoms with Gasteiger partial charge < -0.3 is 18.9 Å². The highest BCUT2D eigenvalue weighted by Crippen LogP contribution is 2.20. The maximum absolute atomic E-state index is 11.9. The number of hydrogen-bond donors (Lipinski definition) is 0. The Balaban J connectivity index is 2.68. The predicted molar refractivity (Wildman–Crippen MR) is 80.5 cm³/mol. The van der Waals surface area contributed by atoms with Gasteiger partial charge in [0.1, 0.15) is 24.4 Å². The van der Waals surface area contributed by atoms with Crippen LogP contribution in [0.5, 0.6) is 0 Å². The third-order valence-corrected chi connectivity index (χ3v) is 2.77. The van der Waals surface area contributed by atoms with Crippen molar-refractivity contribution in [3.63, 3.8) is 0 Å². The van der Waals surface area contributed by atoms with Crippen LogP contribution in [0.1, 0.15) is 41.0 Å². The lowest BCUT2D eigenvalue weighted by molar-refractivity contribution is -0.170. The van der Waals surface area contributed by atoms with E-state index >= 15 is 0 Å². The van der Waals surface area contributed by atoms with Crippen LogP contribution in [-0.4, -0.2) is 48.4 Å². The molecule has 1 aliphatic heterocycles. The molecule has 0 radical (unpaired) electrons. The minimum Gasteiger partial charge on any atom is -0.463 e. The van der Waals surface area contributed by atoms with Crippen molar-refractivity contribution in [3.8, 4) is 0 Å². The van der Waals surface area contributed by atoms with Crippen LogP contribution in [-0.2, 0) is 33.3 Å². The van der Waals surface area contributed by atoms with Crippen LogP contribution in [0.3, 0.4) is 0 Å². The van der Waals surface area contributed by atoms with Crippen molar-refractivity contribution in [2.24, 2.45) is 0 Å². The van der Waals surface area contributed by atoms with Gasteiger partial charge in [0.05, 0.1) is 12.5 Å². The molecule has 0 unspecified atom stereocenters. The number of ether oxygens (including phenoxy) is 4. The van der Waals surface area contributed by atoms with Crippen LogP contribution in [0.2, 0.25) is 0 Å². The van der Waals surface area contributed by atoms with Gasteiger partial charge in [-0.15, -0.1) is 0 Å². The van der Waals surface area contributed by atoms with Gasteiger partial charge in [-0.25, -0.2) is 0 Å². The monoisotopic (exact) mass is 328 g/mol. The summed E-state index contributed by atoms with van der Waals surface area (Å²) >= 11 is 0. The number of esters is 3. The van der Waals surface area contributed by atoms with Gasteiger partial charge in [0.25, 0.3) is 0 Å². The van der Waals surface area contributed by atoms with Crippen LogP contribution >= 0.6 is 0 Å². The molecule has 0 N–H and O–H groups in total. The fourth-order valence-electron chi connectivity index (χ4n) is 2.01. The van der Waals surface area contributed by atoms with Crippen molar-refractivity contribution in [2.75, 3.05) is 6.61 Å². The first-order chi connectivity index (χ1) is 10.6. The molecular formula is C16H24O7. The number of hydrogen-bond acceptors (Lipinski definition) is 7. The molecule has 0 saturated carbocycles. The summed E-state index contributed by atoms with van der Waals surface area (Å²) in [6.07, 6.45) is 1.44. The molecule has 0 aromatic rings. The highest BCUT2D eigenvalue weighted by Gasteiger charge is 2.32. The first kappa shape index (κ1) is 19.2. The summed E-state index contributed by atoms with van der Waals surface area (Å²) in [5, 5.41) is 0. The van der Waals surface area contributed by atoms with Crippen molar-refractivity contribution in [2.45, 2.75) is 65.0 Å². The Bertz CT molecular complexity index is 475. The van der Waals surface area contributed by atoms with Crippen molar-refractivity contribution < 1.29 is 33.3 Å². The van der Waals surface area contributed by atoms with E-state index in [-0.39, 0.29) is 13.0 Å². The maximum Gasteiger partial charge on any atom is 0.309 e. The van der Waals surface area contributed by atoms with E-state index in [4.69, 9.17) is 18.9 Å². The molecule has 0 spiro atoms. The summed E-state index contributed by atoms with van der Waals surface area (Å²) in [7, 11) is 0. The minimum atomic E-state index is -0.666. The van der Waals surface area contributed by atoms with Gasteiger partial charge in [-0.05, 0) is 26.8 Å². The average Bonchev–Trinajstić information content (AvgIpc) is 2.35. The Kier molecular flexibility index (Phi) is 6.75. The Morgan fingerprint density at radius 1 is 1.09 bits per heavy atom. The lowest BCUT2D eigenvalue weighted by Crippen LogP contribution is -2.42. The van der Waals surface area contributed by atoms with E-state index in [9.17, 15) is 14.4 Å². The van der Waals surface area contributed by atoms with Gasteiger partial charge in [-0.1, -0.05) is 6.08 Å². The van der Waals surface area contributed by atoms with E-state index in [2.05, 4.69) is 0 Å². The topological polar surface area (TPSA) is 88.1 Å². The molecule has 0 aromatic carbocycles. The SMILES string of the molecule is CC(=O)OC[C@H]1O[C@@H](CC(=O)OC(C)(C)C)C=C[C@@H]1OC(C)=O. The second-order valence-corrected chi connectivity index (χ2v) is 6.27. The Hall–Kier alpha value is -1.89. The molecule has 1 heterocycles. The van der Waals surface area contributed by atoms with E-state index in [0.29, 0.717) is 0 Å². The fraction of sp³-hybridized carbons (Fsp3) is 0.688. The minimum absolute atomic E-state index is 0.0249. The quantitative estimate of drug-likeness (QED) is 0.429. The first-order valence-electron chi connectivity index (χ1n) is 7.43. The van der Waals surface area contributed by atoms with E-state index in [1.807, 2.05) is 0 Å². The third kappa shape index (κ3) is 7.78. The Morgan fingerprint density at radius 2 is 1.74 bits per heavy atom. The maximum atomic E-state index is 11.9. The van der Waals surface area contributed by atoms with Gasteiger partial charge in [-0.2, -0.15) is 0 Å². The molecule has 0 bridgehead atoms. The van der Waals surface area contributed by atoms with E-state index < -0.39 is 41.8 Å². The second-order valence-electron chi connectivity index (χ2n) is 6.27. The summed E-state index contributed by atoms with van der Waals surface area (Å²) in [5.41, 5.74) is -0.577. The Morgan fingerprint density at radius 3 is 2.26 bits per heavy atom. The van der Waals surface area contributed by atoms with Crippen molar-refractivity contribution in [3.05, 3.63) is 12.2 Å². The van der Waals surface area contributed by atoms with E-state index in [0.717, 1.165) is 0 Å². The molecule has 23 heavy (non-hydrogen) atoms. The van der Waals surface area contributed by atoms with Crippen molar-refractivity contribution in [1.29, 1.82) is 0 Å². The van der Waals surface area contributed by atoms with Crippen LogP contribution in [0.15, 0.2) is 12.2 Å². The van der Waals surface area contributed by atoms with Gasteiger partial charge in [0, 0.05) is 13.8 Å². The molecule has 1 rings (SSSR count). The number of rotatable bonds is 5. The predicted octanol–water partition coefficient (Wildman–Crippen LogP) is 1.54. The van der Waals surface area contributed by atoms with Gasteiger partial charge >= 0.3 is 17.9 Å². The summed E-state index contributed by atoms with van der Waals surface area (Å²) < 4.78 is 21.0. The molecule has 3 atom stereocenters. The lowest BCUT2D eigenvalue weighted by atomic mass is 10.1. The highest BCUT2D eigenvalue weighted by molar-refractivity contribution is 5.71. The number of carbonyl (C=O) groups is 3. The molecule has 0 fully saturated rings. The lowest BCUT2D eigenvalue weighted by Gasteiger charge is -2.31. The summed E-state index contributed by atoms with van der Waals surface area (Å²) in [5.74, 6) is -1.33. The largest absolute Gasteiger partial charge is 0.463 e. The van der Waals surface area contributed by atoms with E-state index in [1.165, 1.54) is 13.8 Å². The average molecular weight is 328 g/mol. The molecule has 1 aliphatic rings. The summed E-state index contributed by atoms with van der Waals surface area (Å²) in [6, 6.07) is 0. The molecule has 0 saturated heterocycles. The fourth-order valence-corrected chi connectivity index (χ4v) is 2.01. The third-order valence-electron chi connectivity index (χ3n) is 2.77. The molecule has 130 valence electrons. The molecule has 0 amide bonds. The highest BCUT2D eigenvalue weighted by atomic mass is 16.6. The van der Waals surface area contributed by atoms with E-state index in [1.54, 1.807) is 32.9 Å². The molecule has 7 heteroatoms. The summed E-state index contributed by atoms with van der Waals surface area (Å²) in [4.78, 5) is 33.9. The zero-order valence-electron chi connectivity index (χ0n) is 14.2. The zero-order chi connectivity index (χ0) is 17.6. The second kappa shape index (κ2) is 8.10. The van der Waals surface area contributed by atoms with Crippen LogP contribution in [0.4, 0.5) is 0 Å². The Labute approximate surface area is 135 Å². The van der Waals surface area contributed by atoms with Gasteiger partial charge in [0.2, 0.25) is 0 Å². The van der Waals surface area contributed by atoms with Gasteiger partial charge in [-0.3, -0.25) is 14.4 Å². The summed E-state index contributed by atoms with van der Waals surface area (Å²) in [6.45, 7) is 7.83. The van der Waals surface area contributed by atoms with Crippen LogP contribution < -0.4 is 0 Å². The zero-order valence-corrected chi connectivity index (χ0v) is 14.2. The molecule has 7 nitrogen and oxygen atoms in total. The molecular weight excluding hydrogens is 304 g/mol. The van der Waals surface area contributed by atoms with Crippen LogP contribution in [0.25, 0.3) is 0 Å². The normalized spacial score (nSPS) is 24.0. The molecule has 0 aliphatic carbocycles. The number of carbonyl (C=O) groups excluding carboxylic acids is 3. The molecule has 0 aromatic heterocycles. The van der Waals surface area contributed by atoms with Crippen molar-refractivity contribution >= 4 is 17.9 Å². The van der Waals surface area contributed by atoms with Crippen LogP contribution in [0, 0.1) is 0 Å². The van der Waals surface area contributed by atoms with Gasteiger partial charge in [0.15, 0.2) is 0 Å². The van der Waals surface area contributed by atoms with Crippen molar-refractivity contribution in [1.82, 2.24) is 0 Å².